The van der Waals surface area contributed by atoms with E-state index in [-0.39, 0.29) is 0 Å². The maximum Gasteiger partial charge on any atom is 0.211 e. The van der Waals surface area contributed by atoms with Gasteiger partial charge in [0.1, 0.15) is 0 Å². The molecule has 4 nitrogen and oxygen atoms in total. The molecule has 12 heavy (non-hydrogen) atoms. The van der Waals surface area contributed by atoms with Gasteiger partial charge in [-0.15, -0.1) is 0 Å². The fraction of sp³-hybridized carbons (Fsp3) is 0.125. The molecule has 3 N–H and O–H groups in total. The normalized spacial score (nSPS) is 12.7. The molecular formula is C8H9N3O. The molecule has 1 aromatic rings. The number of rotatable bonds is 2. The van der Waals surface area contributed by atoms with Gasteiger partial charge < -0.3 is 16.0 Å². The third-order valence-corrected chi connectivity index (χ3v) is 1.80. The number of amides is 1. The molecule has 0 fully saturated rings. The molecule has 0 saturated carbocycles. The Labute approximate surface area is 70.0 Å². The summed E-state index contributed by atoms with van der Waals surface area (Å²) in [5.41, 5.74) is 2.91. The predicted octanol–water partition coefficient (Wildman–Crippen LogP) is 1.05. The van der Waals surface area contributed by atoms with Gasteiger partial charge in [-0.2, -0.15) is 0 Å². The SMILES string of the molecule is O=CNc1ccc2c(c1)NCN2. The molecule has 0 aliphatic carbocycles. The quantitative estimate of drug-likeness (QED) is 0.571. The van der Waals surface area contributed by atoms with Crippen molar-refractivity contribution in [3.63, 3.8) is 0 Å². The fourth-order valence-corrected chi connectivity index (χ4v) is 1.24. The highest BCUT2D eigenvalue weighted by Crippen LogP contribution is 2.28. The molecule has 0 aromatic heterocycles. The lowest BCUT2D eigenvalue weighted by atomic mass is 10.2. The third-order valence-electron chi connectivity index (χ3n) is 1.80. The first-order chi connectivity index (χ1) is 5.90. The first-order valence-corrected chi connectivity index (χ1v) is 3.72. The number of hydrogen-bond acceptors (Lipinski definition) is 3. The van der Waals surface area contributed by atoms with Crippen LogP contribution < -0.4 is 16.0 Å². The largest absolute Gasteiger partial charge is 0.366 e. The van der Waals surface area contributed by atoms with E-state index in [0.29, 0.717) is 6.41 Å². The summed E-state index contributed by atoms with van der Waals surface area (Å²) in [6.45, 7) is 0.750. The Morgan fingerprint density at radius 1 is 1.33 bits per heavy atom. The summed E-state index contributed by atoms with van der Waals surface area (Å²) in [4.78, 5) is 10.1. The second-order valence-corrected chi connectivity index (χ2v) is 2.55. The highest BCUT2D eigenvalue weighted by molar-refractivity contribution is 5.81. The lowest BCUT2D eigenvalue weighted by Gasteiger charge is -2.01. The van der Waals surface area contributed by atoms with E-state index in [2.05, 4.69) is 16.0 Å². The Morgan fingerprint density at radius 2 is 2.17 bits per heavy atom. The van der Waals surface area contributed by atoms with Gasteiger partial charge in [0.05, 0.1) is 18.0 Å². The van der Waals surface area contributed by atoms with Crippen molar-refractivity contribution in [2.45, 2.75) is 0 Å². The fourth-order valence-electron chi connectivity index (χ4n) is 1.24. The summed E-state index contributed by atoms with van der Waals surface area (Å²) in [6, 6.07) is 5.68. The number of hydrogen-bond donors (Lipinski definition) is 3. The van der Waals surface area contributed by atoms with Crippen LogP contribution in [0.25, 0.3) is 0 Å². The molecule has 0 atom stereocenters. The molecule has 1 aliphatic rings. The van der Waals surface area contributed by atoms with Gasteiger partial charge in [-0.1, -0.05) is 0 Å². The van der Waals surface area contributed by atoms with Crippen molar-refractivity contribution in [2.75, 3.05) is 22.6 Å². The second kappa shape index (κ2) is 2.73. The second-order valence-electron chi connectivity index (χ2n) is 2.55. The minimum Gasteiger partial charge on any atom is -0.366 e. The minimum absolute atomic E-state index is 0.671. The van der Waals surface area contributed by atoms with Crippen molar-refractivity contribution in [3.05, 3.63) is 18.2 Å². The van der Waals surface area contributed by atoms with Gasteiger partial charge in [0.15, 0.2) is 0 Å². The van der Waals surface area contributed by atoms with E-state index in [1.165, 1.54) is 0 Å². The van der Waals surface area contributed by atoms with Crippen LogP contribution in [0.4, 0.5) is 17.1 Å². The van der Waals surface area contributed by atoms with Crippen molar-refractivity contribution in [1.29, 1.82) is 0 Å². The molecule has 2 rings (SSSR count). The van der Waals surface area contributed by atoms with Gasteiger partial charge in [-0.05, 0) is 18.2 Å². The van der Waals surface area contributed by atoms with Crippen LogP contribution >= 0.6 is 0 Å². The van der Waals surface area contributed by atoms with Crippen molar-refractivity contribution < 1.29 is 4.79 Å². The predicted molar refractivity (Wildman–Crippen MR) is 48.2 cm³/mol. The van der Waals surface area contributed by atoms with Crippen LogP contribution in [0, 0.1) is 0 Å². The molecule has 1 amide bonds. The van der Waals surface area contributed by atoms with Gasteiger partial charge in [-0.25, -0.2) is 0 Å². The standard InChI is InChI=1S/C8H9N3O/c12-5-11-6-1-2-7-8(3-6)10-4-9-7/h1-3,5,9-10H,4H2,(H,11,12). The molecular weight excluding hydrogens is 154 g/mol. The summed E-state index contributed by atoms with van der Waals surface area (Å²) in [6.07, 6.45) is 0.671. The average Bonchev–Trinajstić information content (AvgIpc) is 2.51. The molecule has 4 heteroatoms. The number of benzene rings is 1. The smallest absolute Gasteiger partial charge is 0.211 e. The lowest BCUT2D eigenvalue weighted by Crippen LogP contribution is -1.99. The van der Waals surface area contributed by atoms with Crippen LogP contribution in [0.5, 0.6) is 0 Å². The van der Waals surface area contributed by atoms with Gasteiger partial charge in [0.25, 0.3) is 0 Å². The summed E-state index contributed by atoms with van der Waals surface area (Å²) in [5.74, 6) is 0. The topological polar surface area (TPSA) is 53.2 Å². The number of fused-ring (bicyclic) bond motifs is 1. The summed E-state index contributed by atoms with van der Waals surface area (Å²) in [7, 11) is 0. The average molecular weight is 163 g/mol. The zero-order valence-corrected chi connectivity index (χ0v) is 6.42. The lowest BCUT2D eigenvalue weighted by molar-refractivity contribution is -0.105. The monoisotopic (exact) mass is 163 g/mol. The maximum atomic E-state index is 10.1. The van der Waals surface area contributed by atoms with Gasteiger partial charge >= 0.3 is 0 Å². The Morgan fingerprint density at radius 3 is 3.00 bits per heavy atom. The van der Waals surface area contributed by atoms with Gasteiger partial charge in [-0.3, -0.25) is 4.79 Å². The minimum atomic E-state index is 0.671. The van der Waals surface area contributed by atoms with E-state index in [4.69, 9.17) is 0 Å². The first-order valence-electron chi connectivity index (χ1n) is 3.72. The molecule has 1 aliphatic heterocycles. The highest BCUT2D eigenvalue weighted by Gasteiger charge is 2.07. The highest BCUT2D eigenvalue weighted by atomic mass is 16.1. The molecule has 1 heterocycles. The van der Waals surface area contributed by atoms with Crippen molar-refractivity contribution in [2.24, 2.45) is 0 Å². The van der Waals surface area contributed by atoms with E-state index in [9.17, 15) is 4.79 Å². The van der Waals surface area contributed by atoms with Gasteiger partial charge in [0.2, 0.25) is 6.41 Å². The third kappa shape index (κ3) is 1.07. The number of carbonyl (C=O) groups is 1. The number of anilines is 3. The zero-order chi connectivity index (χ0) is 8.39. The molecule has 0 bridgehead atoms. The molecule has 0 unspecified atom stereocenters. The van der Waals surface area contributed by atoms with Crippen molar-refractivity contribution in [3.8, 4) is 0 Å². The number of nitrogens with one attached hydrogen (secondary N) is 3. The van der Waals surface area contributed by atoms with Gasteiger partial charge in [0, 0.05) is 5.69 Å². The molecule has 0 saturated heterocycles. The summed E-state index contributed by atoms with van der Waals surface area (Å²) < 4.78 is 0. The first kappa shape index (κ1) is 6.97. The van der Waals surface area contributed by atoms with Crippen molar-refractivity contribution in [1.82, 2.24) is 0 Å². The maximum absolute atomic E-state index is 10.1. The molecule has 62 valence electrons. The van der Waals surface area contributed by atoms with E-state index in [0.717, 1.165) is 23.7 Å². The van der Waals surface area contributed by atoms with Crippen molar-refractivity contribution >= 4 is 23.5 Å². The number of carbonyl (C=O) groups excluding carboxylic acids is 1. The van der Waals surface area contributed by atoms with E-state index in [1.807, 2.05) is 18.2 Å². The van der Waals surface area contributed by atoms with Crippen LogP contribution in [-0.2, 0) is 4.79 Å². The summed E-state index contributed by atoms with van der Waals surface area (Å²) >= 11 is 0. The van der Waals surface area contributed by atoms with Crippen LogP contribution in [0.2, 0.25) is 0 Å². The van der Waals surface area contributed by atoms with Crippen LogP contribution in [-0.4, -0.2) is 13.1 Å². The molecule has 0 spiro atoms. The van der Waals surface area contributed by atoms with Crippen LogP contribution in [0.1, 0.15) is 0 Å². The Kier molecular flexibility index (Phi) is 1.59. The molecule has 0 radical (unpaired) electrons. The Balaban J connectivity index is 2.32. The zero-order valence-electron chi connectivity index (χ0n) is 6.42. The molecule has 1 aromatic carbocycles. The van der Waals surface area contributed by atoms with E-state index >= 15 is 0 Å². The van der Waals surface area contributed by atoms with Crippen LogP contribution in [0.15, 0.2) is 18.2 Å². The Hall–Kier alpha value is -1.71. The van der Waals surface area contributed by atoms with E-state index in [1.54, 1.807) is 0 Å². The summed E-state index contributed by atoms with van der Waals surface area (Å²) in [5, 5.41) is 8.86. The van der Waals surface area contributed by atoms with Crippen LogP contribution in [0.3, 0.4) is 0 Å². The van der Waals surface area contributed by atoms with E-state index < -0.39 is 0 Å². The Bertz CT molecular complexity index is 311.